The number of hydrogen-bond acceptors (Lipinski definition) is 2. The van der Waals surface area contributed by atoms with Crippen molar-refractivity contribution in [3.8, 4) is 0 Å². The van der Waals surface area contributed by atoms with Gasteiger partial charge in [-0.15, -0.1) is 0 Å². The van der Waals surface area contributed by atoms with Crippen LogP contribution < -0.4 is 5.73 Å². The summed E-state index contributed by atoms with van der Waals surface area (Å²) in [5.74, 6) is -0.928. The van der Waals surface area contributed by atoms with Crippen LogP contribution >= 0.6 is 0 Å². The second-order valence-corrected chi connectivity index (χ2v) is 1.35. The first kappa shape index (κ1) is 11.8. The van der Waals surface area contributed by atoms with Gasteiger partial charge < -0.3 is 10.8 Å². The number of carboxylic acid groups (broad SMARTS) is 1. The fourth-order valence-electron chi connectivity index (χ4n) is 0.175. The molecular weight excluding hydrogens is 133 g/mol. The monoisotopic (exact) mass is 143 g/mol. The van der Waals surface area contributed by atoms with Crippen LogP contribution in [-0.4, -0.2) is 68.5 Å². The summed E-state index contributed by atoms with van der Waals surface area (Å²) in [5, 5.41) is 8.06. The van der Waals surface area contributed by atoms with E-state index >= 15 is 0 Å². The van der Waals surface area contributed by atoms with E-state index in [1.54, 1.807) is 6.92 Å². The van der Waals surface area contributed by atoms with E-state index in [4.69, 9.17) is 10.8 Å². The Bertz CT molecular complexity index is 76.4. The molecular formula is C4H10KNO2. The van der Waals surface area contributed by atoms with Gasteiger partial charge in [-0.25, -0.2) is 0 Å². The van der Waals surface area contributed by atoms with E-state index in [0.29, 0.717) is 6.42 Å². The van der Waals surface area contributed by atoms with Crippen LogP contribution in [0, 0.1) is 0 Å². The maximum absolute atomic E-state index is 9.81. The molecule has 0 saturated carbocycles. The van der Waals surface area contributed by atoms with Gasteiger partial charge >= 0.3 is 57.4 Å². The van der Waals surface area contributed by atoms with Crippen LogP contribution in [0.5, 0.6) is 0 Å². The Hall–Kier alpha value is 1.07. The molecule has 0 rings (SSSR count). The number of rotatable bonds is 2. The maximum atomic E-state index is 9.81. The van der Waals surface area contributed by atoms with Crippen LogP contribution in [-0.2, 0) is 4.79 Å². The summed E-state index contributed by atoms with van der Waals surface area (Å²) in [5.41, 5.74) is 5.02. The van der Waals surface area contributed by atoms with E-state index in [1.807, 2.05) is 0 Å². The van der Waals surface area contributed by atoms with Crippen LogP contribution in [0.3, 0.4) is 0 Å². The third-order valence-corrected chi connectivity index (χ3v) is 0.757. The molecule has 0 aliphatic carbocycles. The SMILES string of the molecule is CCC(N)C(=O)O.[KH]. The Kier molecular flexibility index (Phi) is 9.14. The first-order valence-electron chi connectivity index (χ1n) is 2.17. The van der Waals surface area contributed by atoms with Crippen molar-refractivity contribution in [1.82, 2.24) is 0 Å². The second-order valence-electron chi connectivity index (χ2n) is 1.35. The van der Waals surface area contributed by atoms with Gasteiger partial charge in [0.15, 0.2) is 0 Å². The third kappa shape index (κ3) is 5.21. The molecule has 0 aliphatic heterocycles. The molecule has 0 aliphatic rings. The zero-order valence-electron chi connectivity index (χ0n) is 4.22. The molecule has 1 unspecified atom stereocenters. The quantitative estimate of drug-likeness (QED) is 0.495. The molecule has 0 spiro atoms. The minimum absolute atomic E-state index is 0. The second kappa shape index (κ2) is 6.19. The average Bonchev–Trinajstić information content (AvgIpc) is 1.65. The third-order valence-electron chi connectivity index (χ3n) is 0.757. The fraction of sp³-hybridized carbons (Fsp3) is 0.750. The van der Waals surface area contributed by atoms with Crippen LogP contribution in [0.15, 0.2) is 0 Å². The molecule has 0 aromatic rings. The van der Waals surface area contributed by atoms with Crippen LogP contribution in [0.1, 0.15) is 13.3 Å². The van der Waals surface area contributed by atoms with Crippen LogP contribution in [0.4, 0.5) is 0 Å². The van der Waals surface area contributed by atoms with Crippen LogP contribution in [0.25, 0.3) is 0 Å². The van der Waals surface area contributed by atoms with E-state index in [0.717, 1.165) is 0 Å². The molecule has 3 nitrogen and oxygen atoms in total. The van der Waals surface area contributed by atoms with Crippen molar-refractivity contribution in [2.45, 2.75) is 19.4 Å². The van der Waals surface area contributed by atoms with Gasteiger partial charge in [-0.3, -0.25) is 4.79 Å². The summed E-state index contributed by atoms with van der Waals surface area (Å²) in [6, 6.07) is -0.681. The summed E-state index contributed by atoms with van der Waals surface area (Å²) >= 11 is 0. The number of hydrogen-bond donors (Lipinski definition) is 2. The van der Waals surface area contributed by atoms with Crippen molar-refractivity contribution < 1.29 is 9.90 Å². The van der Waals surface area contributed by atoms with E-state index in [2.05, 4.69) is 0 Å². The summed E-state index contributed by atoms with van der Waals surface area (Å²) in [6.45, 7) is 1.73. The summed E-state index contributed by atoms with van der Waals surface area (Å²) in [6.07, 6.45) is 0.495. The van der Waals surface area contributed by atoms with E-state index in [1.165, 1.54) is 0 Å². The molecule has 44 valence electrons. The molecule has 0 aromatic heterocycles. The molecule has 0 amide bonds. The van der Waals surface area contributed by atoms with Gasteiger partial charge in [0.1, 0.15) is 6.04 Å². The summed E-state index contributed by atoms with van der Waals surface area (Å²) in [7, 11) is 0. The summed E-state index contributed by atoms with van der Waals surface area (Å²) < 4.78 is 0. The zero-order chi connectivity index (χ0) is 5.86. The average molecular weight is 143 g/mol. The number of carbonyl (C=O) groups is 1. The molecule has 0 bridgehead atoms. The molecule has 0 aromatic carbocycles. The molecule has 1 atom stereocenters. The molecule has 0 fully saturated rings. The van der Waals surface area contributed by atoms with E-state index in [9.17, 15) is 4.79 Å². The Morgan fingerprint density at radius 2 is 2.25 bits per heavy atom. The predicted octanol–water partition coefficient (Wildman–Crippen LogP) is -0.840. The molecule has 8 heavy (non-hydrogen) atoms. The van der Waals surface area contributed by atoms with Gasteiger partial charge in [-0.2, -0.15) is 0 Å². The van der Waals surface area contributed by atoms with Crippen LogP contribution in [0.2, 0.25) is 0 Å². The Morgan fingerprint density at radius 3 is 2.25 bits per heavy atom. The van der Waals surface area contributed by atoms with Crippen molar-refractivity contribution in [3.05, 3.63) is 0 Å². The molecule has 4 heteroatoms. The number of nitrogens with two attached hydrogens (primary N) is 1. The molecule has 0 radical (unpaired) electrons. The summed E-state index contributed by atoms with van der Waals surface area (Å²) in [4.78, 5) is 9.81. The Balaban J connectivity index is 0. The Labute approximate surface area is 91.1 Å². The molecule has 3 N–H and O–H groups in total. The molecule has 0 heterocycles. The van der Waals surface area contributed by atoms with Gasteiger partial charge in [-0.05, 0) is 6.42 Å². The van der Waals surface area contributed by atoms with Crippen molar-refractivity contribution in [1.29, 1.82) is 0 Å². The van der Waals surface area contributed by atoms with Gasteiger partial charge in [0.2, 0.25) is 0 Å². The van der Waals surface area contributed by atoms with E-state index in [-0.39, 0.29) is 51.4 Å². The van der Waals surface area contributed by atoms with Gasteiger partial charge in [0.05, 0.1) is 0 Å². The van der Waals surface area contributed by atoms with Gasteiger partial charge in [0.25, 0.3) is 0 Å². The van der Waals surface area contributed by atoms with Gasteiger partial charge in [0, 0.05) is 0 Å². The predicted molar refractivity (Wildman–Crippen MR) is 33.1 cm³/mol. The van der Waals surface area contributed by atoms with Crippen molar-refractivity contribution in [2.24, 2.45) is 5.73 Å². The van der Waals surface area contributed by atoms with Crippen molar-refractivity contribution >= 4 is 57.4 Å². The van der Waals surface area contributed by atoms with E-state index < -0.39 is 12.0 Å². The fourth-order valence-corrected chi connectivity index (χ4v) is 0.175. The Morgan fingerprint density at radius 1 is 1.88 bits per heavy atom. The number of aliphatic carboxylic acids is 1. The standard InChI is InChI=1S/C4H9NO2.K.H/c1-2-3(5)4(6)7;;/h3H,2,5H2,1H3,(H,6,7);;. The topological polar surface area (TPSA) is 63.3 Å². The van der Waals surface area contributed by atoms with Crippen molar-refractivity contribution in [2.75, 3.05) is 0 Å². The normalized spacial score (nSPS) is 11.8. The first-order valence-corrected chi connectivity index (χ1v) is 2.17. The van der Waals surface area contributed by atoms with Gasteiger partial charge in [-0.1, -0.05) is 6.92 Å². The zero-order valence-corrected chi connectivity index (χ0v) is 4.22. The van der Waals surface area contributed by atoms with Crippen molar-refractivity contribution in [3.63, 3.8) is 0 Å². The molecule has 0 saturated heterocycles. The first-order chi connectivity index (χ1) is 3.18. The minimum atomic E-state index is -0.928. The number of carboxylic acids is 1.